The van der Waals surface area contributed by atoms with Crippen molar-refractivity contribution >= 4 is 11.7 Å². The van der Waals surface area contributed by atoms with E-state index in [1.54, 1.807) is 6.92 Å². The van der Waals surface area contributed by atoms with Gasteiger partial charge in [-0.15, -0.1) is 0 Å². The molecule has 1 aliphatic heterocycles. The normalized spacial score (nSPS) is 20.6. The van der Waals surface area contributed by atoms with Gasteiger partial charge in [0.05, 0.1) is 19.8 Å². The van der Waals surface area contributed by atoms with Gasteiger partial charge in [-0.25, -0.2) is 4.79 Å². The maximum absolute atomic E-state index is 12.5. The second-order valence-corrected chi connectivity index (χ2v) is 6.83. The molecule has 0 saturated carbocycles. The Balaban J connectivity index is 2.20. The first-order chi connectivity index (χ1) is 10.8. The average Bonchev–Trinajstić information content (AvgIpc) is 2.50. The van der Waals surface area contributed by atoms with E-state index < -0.39 is 17.2 Å². The highest BCUT2D eigenvalue weighted by atomic mass is 16.7. The molecule has 5 heteroatoms. The predicted molar refractivity (Wildman–Crippen MR) is 89.3 cm³/mol. The highest BCUT2D eigenvalue weighted by Gasteiger charge is 2.46. The number of benzene rings is 1. The van der Waals surface area contributed by atoms with Crippen molar-refractivity contribution in [2.75, 3.05) is 25.1 Å². The van der Waals surface area contributed by atoms with Crippen molar-refractivity contribution in [3.8, 4) is 0 Å². The molecule has 1 heterocycles. The van der Waals surface area contributed by atoms with Crippen molar-refractivity contribution in [3.63, 3.8) is 0 Å². The first-order valence-electron chi connectivity index (χ1n) is 8.03. The Hall–Kier alpha value is -1.59. The molecule has 0 radical (unpaired) electrons. The van der Waals surface area contributed by atoms with Crippen LogP contribution in [0.15, 0.2) is 24.3 Å². The van der Waals surface area contributed by atoms with E-state index in [-0.39, 0.29) is 5.97 Å². The molecule has 2 rings (SSSR count). The zero-order chi connectivity index (χ0) is 17.1. The van der Waals surface area contributed by atoms with Crippen LogP contribution in [0, 0.1) is 12.3 Å². The van der Waals surface area contributed by atoms with Gasteiger partial charge in [-0.2, -0.15) is 0 Å². The van der Waals surface area contributed by atoms with Gasteiger partial charge < -0.3 is 19.5 Å². The summed E-state index contributed by atoms with van der Waals surface area (Å²) in [4.78, 5) is 12.5. The molecule has 0 aromatic heterocycles. The Labute approximate surface area is 138 Å². The van der Waals surface area contributed by atoms with E-state index in [1.807, 2.05) is 52.0 Å². The van der Waals surface area contributed by atoms with Crippen LogP contribution < -0.4 is 5.32 Å². The molecule has 5 nitrogen and oxygen atoms in total. The van der Waals surface area contributed by atoms with Gasteiger partial charge in [-0.3, -0.25) is 0 Å². The smallest absolute Gasteiger partial charge is 0.329 e. The minimum Gasteiger partial charge on any atom is -0.464 e. The lowest BCUT2D eigenvalue weighted by Crippen LogP contribution is -2.56. The lowest BCUT2D eigenvalue weighted by atomic mass is 9.82. The van der Waals surface area contributed by atoms with Crippen molar-refractivity contribution in [1.29, 1.82) is 0 Å². The molecule has 1 aromatic carbocycles. The first-order valence-corrected chi connectivity index (χ1v) is 8.03. The molecule has 1 fully saturated rings. The molecule has 128 valence electrons. The number of carbonyl (C=O) groups is 1. The average molecular weight is 321 g/mol. The largest absolute Gasteiger partial charge is 0.464 e. The first kappa shape index (κ1) is 17.8. The van der Waals surface area contributed by atoms with Crippen molar-refractivity contribution in [2.24, 2.45) is 5.41 Å². The van der Waals surface area contributed by atoms with Gasteiger partial charge in [0.1, 0.15) is 6.04 Å². The predicted octanol–water partition coefficient (Wildman–Crippen LogP) is 3.13. The number of hydrogen-bond donors (Lipinski definition) is 1. The molecule has 1 atom stereocenters. The van der Waals surface area contributed by atoms with E-state index in [2.05, 4.69) is 5.32 Å². The lowest BCUT2D eigenvalue weighted by Gasteiger charge is -2.44. The Kier molecular flexibility index (Phi) is 5.32. The van der Waals surface area contributed by atoms with E-state index in [1.165, 1.54) is 5.56 Å². The van der Waals surface area contributed by atoms with Crippen LogP contribution >= 0.6 is 0 Å². The fourth-order valence-corrected chi connectivity index (χ4v) is 2.49. The number of nitrogens with one attached hydrogen (secondary N) is 1. The lowest BCUT2D eigenvalue weighted by molar-refractivity contribution is -0.284. The summed E-state index contributed by atoms with van der Waals surface area (Å²) in [5.74, 6) is -0.912. The highest BCUT2D eigenvalue weighted by Crippen LogP contribution is 2.34. The summed E-state index contributed by atoms with van der Waals surface area (Å²) in [7, 11) is 0. The molecule has 1 N–H and O–H groups in total. The van der Waals surface area contributed by atoms with Crippen molar-refractivity contribution in [2.45, 2.75) is 46.4 Å². The van der Waals surface area contributed by atoms with Crippen molar-refractivity contribution in [1.82, 2.24) is 0 Å². The van der Waals surface area contributed by atoms with Crippen LogP contribution in [0.4, 0.5) is 5.69 Å². The topological polar surface area (TPSA) is 56.8 Å². The van der Waals surface area contributed by atoms with E-state index in [9.17, 15) is 4.79 Å². The molecule has 1 unspecified atom stereocenters. The molecule has 0 bridgehead atoms. The number of rotatable bonds is 5. The van der Waals surface area contributed by atoms with Gasteiger partial charge in [0.25, 0.3) is 0 Å². The Morgan fingerprint density at radius 3 is 2.30 bits per heavy atom. The van der Waals surface area contributed by atoms with Gasteiger partial charge in [-0.1, -0.05) is 24.6 Å². The molecule has 1 aromatic rings. The van der Waals surface area contributed by atoms with Crippen LogP contribution in [-0.4, -0.2) is 37.6 Å². The van der Waals surface area contributed by atoms with E-state index in [0.29, 0.717) is 19.8 Å². The number of esters is 1. The SMILES string of the molecule is CCOC(=O)C(Nc1ccc(C)cc1)C1(C)COC(C)(C)OC1. The summed E-state index contributed by atoms with van der Waals surface area (Å²) in [6.45, 7) is 10.7. The number of ether oxygens (including phenoxy) is 3. The number of anilines is 1. The van der Waals surface area contributed by atoms with Crippen LogP contribution in [0.5, 0.6) is 0 Å². The summed E-state index contributed by atoms with van der Waals surface area (Å²) < 4.78 is 16.8. The van der Waals surface area contributed by atoms with Crippen LogP contribution in [0.25, 0.3) is 0 Å². The Bertz CT molecular complexity index is 528. The van der Waals surface area contributed by atoms with Gasteiger partial charge in [0.15, 0.2) is 5.79 Å². The minimum absolute atomic E-state index is 0.289. The zero-order valence-corrected chi connectivity index (χ0v) is 14.6. The molecule has 1 saturated heterocycles. The zero-order valence-electron chi connectivity index (χ0n) is 14.6. The number of hydrogen-bond acceptors (Lipinski definition) is 5. The van der Waals surface area contributed by atoms with Crippen LogP contribution in [-0.2, 0) is 19.0 Å². The van der Waals surface area contributed by atoms with E-state index >= 15 is 0 Å². The minimum atomic E-state index is -0.622. The van der Waals surface area contributed by atoms with E-state index in [4.69, 9.17) is 14.2 Å². The summed E-state index contributed by atoms with van der Waals surface area (Å²) >= 11 is 0. The number of aryl methyl sites for hydroxylation is 1. The third-order valence-corrected chi connectivity index (χ3v) is 4.08. The van der Waals surface area contributed by atoms with Gasteiger partial charge >= 0.3 is 5.97 Å². The monoisotopic (exact) mass is 321 g/mol. The second kappa shape index (κ2) is 6.89. The molecule has 0 aliphatic carbocycles. The maximum Gasteiger partial charge on any atom is 0.329 e. The molecule has 0 amide bonds. The summed E-state index contributed by atoms with van der Waals surface area (Å²) in [6.07, 6.45) is 0. The molecular weight excluding hydrogens is 294 g/mol. The van der Waals surface area contributed by atoms with Gasteiger partial charge in [-0.05, 0) is 39.8 Å². The fraction of sp³-hybridized carbons (Fsp3) is 0.611. The van der Waals surface area contributed by atoms with Crippen molar-refractivity contribution < 1.29 is 19.0 Å². The van der Waals surface area contributed by atoms with Crippen LogP contribution in [0.1, 0.15) is 33.3 Å². The Morgan fingerprint density at radius 1 is 1.22 bits per heavy atom. The maximum atomic E-state index is 12.5. The standard InChI is InChI=1S/C18H27NO4/c1-6-21-16(20)15(19-14-9-7-13(2)8-10-14)18(5)11-22-17(3,4)23-12-18/h7-10,15,19H,6,11-12H2,1-5H3. The van der Waals surface area contributed by atoms with Gasteiger partial charge in [0.2, 0.25) is 0 Å². The quantitative estimate of drug-likeness (QED) is 0.844. The molecule has 23 heavy (non-hydrogen) atoms. The molecule has 0 spiro atoms. The Morgan fingerprint density at radius 2 is 1.78 bits per heavy atom. The third-order valence-electron chi connectivity index (χ3n) is 4.08. The fourth-order valence-electron chi connectivity index (χ4n) is 2.49. The second-order valence-electron chi connectivity index (χ2n) is 6.83. The van der Waals surface area contributed by atoms with E-state index in [0.717, 1.165) is 5.69 Å². The summed E-state index contributed by atoms with van der Waals surface area (Å²) in [5, 5.41) is 3.29. The van der Waals surface area contributed by atoms with Gasteiger partial charge in [0, 0.05) is 11.1 Å². The molecular formula is C18H27NO4. The van der Waals surface area contributed by atoms with Crippen molar-refractivity contribution in [3.05, 3.63) is 29.8 Å². The summed E-state index contributed by atoms with van der Waals surface area (Å²) in [5.41, 5.74) is 1.53. The third kappa shape index (κ3) is 4.45. The van der Waals surface area contributed by atoms with Crippen LogP contribution in [0.2, 0.25) is 0 Å². The number of carbonyl (C=O) groups excluding carboxylic acids is 1. The molecule has 1 aliphatic rings. The summed E-state index contributed by atoms with van der Waals surface area (Å²) in [6, 6.07) is 7.38. The van der Waals surface area contributed by atoms with Crippen LogP contribution in [0.3, 0.4) is 0 Å². The highest BCUT2D eigenvalue weighted by molar-refractivity contribution is 5.80.